The van der Waals surface area contributed by atoms with Gasteiger partial charge in [-0.2, -0.15) is 0 Å². The highest BCUT2D eigenvalue weighted by Crippen LogP contribution is 2.09. The molecule has 0 spiro atoms. The lowest BCUT2D eigenvalue weighted by Crippen LogP contribution is -2.35. The van der Waals surface area contributed by atoms with Gasteiger partial charge in [-0.05, 0) is 26.8 Å². The quantitative estimate of drug-likeness (QED) is 0.800. The number of hydrogen-bond acceptors (Lipinski definition) is 3. The number of carbonyl (C=O) groups excluding carboxylic acids is 1. The zero-order valence-electron chi connectivity index (χ0n) is 10.4. The van der Waals surface area contributed by atoms with Crippen LogP contribution < -0.4 is 5.32 Å². The van der Waals surface area contributed by atoms with Crippen LogP contribution in [0, 0.1) is 12.7 Å². The molecule has 1 aromatic rings. The monoisotopic (exact) mass is 239 g/mol. The van der Waals surface area contributed by atoms with Crippen LogP contribution in [0.1, 0.15) is 25.0 Å². The highest BCUT2D eigenvalue weighted by molar-refractivity contribution is 5.75. The average molecular weight is 239 g/mol. The molecule has 1 unspecified atom stereocenters. The third-order valence-corrected chi connectivity index (χ3v) is 2.44. The van der Waals surface area contributed by atoms with Crippen LogP contribution in [0.2, 0.25) is 0 Å². The Kier molecular flexibility index (Phi) is 5.10. The molecule has 0 aliphatic carbocycles. The van der Waals surface area contributed by atoms with Gasteiger partial charge in [-0.1, -0.05) is 17.7 Å². The zero-order chi connectivity index (χ0) is 12.8. The first kappa shape index (κ1) is 13.6. The number of esters is 1. The second-order valence-corrected chi connectivity index (χ2v) is 3.95. The maximum absolute atomic E-state index is 13.4. The fourth-order valence-corrected chi connectivity index (χ4v) is 1.45. The van der Waals surface area contributed by atoms with Crippen LogP contribution in [0.15, 0.2) is 18.2 Å². The summed E-state index contributed by atoms with van der Waals surface area (Å²) in [6.07, 6.45) is 0. The normalized spacial score (nSPS) is 12.2. The van der Waals surface area contributed by atoms with E-state index in [-0.39, 0.29) is 11.8 Å². The van der Waals surface area contributed by atoms with E-state index in [9.17, 15) is 9.18 Å². The van der Waals surface area contributed by atoms with Crippen molar-refractivity contribution in [2.75, 3.05) is 6.61 Å². The Balaban J connectivity index is 2.55. The largest absolute Gasteiger partial charge is 0.465 e. The van der Waals surface area contributed by atoms with Gasteiger partial charge in [0.15, 0.2) is 0 Å². The van der Waals surface area contributed by atoms with Crippen molar-refractivity contribution < 1.29 is 13.9 Å². The Bertz CT molecular complexity index is 393. The molecule has 0 saturated carbocycles. The SMILES string of the molecule is CCOC(=O)C(C)NCc1cc(C)ccc1F. The fraction of sp³-hybridized carbons (Fsp3) is 0.462. The summed E-state index contributed by atoms with van der Waals surface area (Å²) in [6, 6.07) is 4.48. The topological polar surface area (TPSA) is 38.3 Å². The number of carbonyl (C=O) groups is 1. The molecule has 1 aromatic carbocycles. The maximum Gasteiger partial charge on any atom is 0.322 e. The van der Waals surface area contributed by atoms with Crippen molar-refractivity contribution in [1.82, 2.24) is 5.32 Å². The third-order valence-electron chi connectivity index (χ3n) is 2.44. The number of aryl methyl sites for hydroxylation is 1. The molecule has 1 rings (SSSR count). The van der Waals surface area contributed by atoms with Crippen LogP contribution >= 0.6 is 0 Å². The van der Waals surface area contributed by atoms with E-state index in [0.29, 0.717) is 18.7 Å². The number of benzene rings is 1. The first-order valence-corrected chi connectivity index (χ1v) is 5.69. The molecule has 1 atom stereocenters. The molecule has 0 aliphatic rings. The van der Waals surface area contributed by atoms with E-state index < -0.39 is 6.04 Å². The molecule has 0 aliphatic heterocycles. The van der Waals surface area contributed by atoms with Gasteiger partial charge in [0.1, 0.15) is 11.9 Å². The molecule has 1 N–H and O–H groups in total. The van der Waals surface area contributed by atoms with Crippen LogP contribution in [0.4, 0.5) is 4.39 Å². The Morgan fingerprint density at radius 3 is 2.88 bits per heavy atom. The van der Waals surface area contributed by atoms with E-state index >= 15 is 0 Å². The molecular formula is C13H18FNO2. The number of hydrogen-bond donors (Lipinski definition) is 1. The molecular weight excluding hydrogens is 221 g/mol. The van der Waals surface area contributed by atoms with Gasteiger partial charge in [-0.3, -0.25) is 4.79 Å². The van der Waals surface area contributed by atoms with Crippen molar-refractivity contribution in [1.29, 1.82) is 0 Å². The van der Waals surface area contributed by atoms with Crippen molar-refractivity contribution >= 4 is 5.97 Å². The molecule has 0 amide bonds. The Hall–Kier alpha value is -1.42. The molecule has 0 saturated heterocycles. The first-order chi connectivity index (χ1) is 8.04. The summed E-state index contributed by atoms with van der Waals surface area (Å²) in [5.41, 5.74) is 1.55. The van der Waals surface area contributed by atoms with Gasteiger partial charge in [-0.15, -0.1) is 0 Å². The first-order valence-electron chi connectivity index (χ1n) is 5.69. The third kappa shape index (κ3) is 4.15. The highest BCUT2D eigenvalue weighted by atomic mass is 19.1. The van der Waals surface area contributed by atoms with Crippen LogP contribution in [-0.4, -0.2) is 18.6 Å². The summed E-state index contributed by atoms with van der Waals surface area (Å²) in [7, 11) is 0. The molecule has 0 radical (unpaired) electrons. The second kappa shape index (κ2) is 6.35. The summed E-state index contributed by atoms with van der Waals surface area (Å²) in [5.74, 6) is -0.584. The van der Waals surface area contributed by atoms with E-state index in [4.69, 9.17) is 4.74 Å². The minimum Gasteiger partial charge on any atom is -0.465 e. The van der Waals surface area contributed by atoms with Crippen molar-refractivity contribution in [3.8, 4) is 0 Å². The minimum absolute atomic E-state index is 0.265. The number of rotatable bonds is 5. The summed E-state index contributed by atoms with van der Waals surface area (Å²) < 4.78 is 18.3. The van der Waals surface area contributed by atoms with Gasteiger partial charge in [-0.25, -0.2) is 4.39 Å². The van der Waals surface area contributed by atoms with Crippen LogP contribution in [0.3, 0.4) is 0 Å². The lowest BCUT2D eigenvalue weighted by atomic mass is 10.1. The summed E-state index contributed by atoms with van der Waals surface area (Å²) in [6.45, 7) is 6.02. The predicted molar refractivity (Wildman–Crippen MR) is 64.1 cm³/mol. The van der Waals surface area contributed by atoms with Gasteiger partial charge in [0.05, 0.1) is 6.61 Å². The number of halogens is 1. The van der Waals surface area contributed by atoms with Crippen LogP contribution in [0.25, 0.3) is 0 Å². The summed E-state index contributed by atoms with van der Waals surface area (Å²) >= 11 is 0. The molecule has 0 heterocycles. The zero-order valence-corrected chi connectivity index (χ0v) is 10.4. The van der Waals surface area contributed by atoms with E-state index in [1.165, 1.54) is 6.07 Å². The Morgan fingerprint density at radius 1 is 1.53 bits per heavy atom. The standard InChI is InChI=1S/C13H18FNO2/c1-4-17-13(16)10(3)15-8-11-7-9(2)5-6-12(11)14/h5-7,10,15H,4,8H2,1-3H3. The van der Waals surface area contributed by atoms with Crippen LogP contribution in [-0.2, 0) is 16.1 Å². The van der Waals surface area contributed by atoms with E-state index in [1.54, 1.807) is 26.0 Å². The molecule has 94 valence electrons. The highest BCUT2D eigenvalue weighted by Gasteiger charge is 2.13. The van der Waals surface area contributed by atoms with E-state index in [1.807, 2.05) is 6.92 Å². The predicted octanol–water partition coefficient (Wildman–Crippen LogP) is 2.18. The van der Waals surface area contributed by atoms with E-state index in [0.717, 1.165) is 5.56 Å². The molecule has 17 heavy (non-hydrogen) atoms. The summed E-state index contributed by atoms with van der Waals surface area (Å²) in [5, 5.41) is 2.94. The molecule has 4 heteroatoms. The second-order valence-electron chi connectivity index (χ2n) is 3.95. The lowest BCUT2D eigenvalue weighted by Gasteiger charge is -2.13. The average Bonchev–Trinajstić information content (AvgIpc) is 2.30. The molecule has 0 aromatic heterocycles. The number of nitrogens with one attached hydrogen (secondary N) is 1. The lowest BCUT2D eigenvalue weighted by molar-refractivity contribution is -0.145. The van der Waals surface area contributed by atoms with Gasteiger partial charge in [0.2, 0.25) is 0 Å². The van der Waals surface area contributed by atoms with Crippen molar-refractivity contribution in [3.05, 3.63) is 35.1 Å². The van der Waals surface area contributed by atoms with Crippen LogP contribution in [0.5, 0.6) is 0 Å². The minimum atomic E-state index is -0.435. The van der Waals surface area contributed by atoms with Gasteiger partial charge in [0, 0.05) is 12.1 Å². The Morgan fingerprint density at radius 2 is 2.24 bits per heavy atom. The fourth-order valence-electron chi connectivity index (χ4n) is 1.45. The molecule has 3 nitrogen and oxygen atoms in total. The van der Waals surface area contributed by atoms with Gasteiger partial charge >= 0.3 is 5.97 Å². The van der Waals surface area contributed by atoms with Gasteiger partial charge in [0.25, 0.3) is 0 Å². The number of ether oxygens (including phenoxy) is 1. The summed E-state index contributed by atoms with van der Waals surface area (Å²) in [4.78, 5) is 11.3. The van der Waals surface area contributed by atoms with Crippen molar-refractivity contribution in [2.24, 2.45) is 0 Å². The van der Waals surface area contributed by atoms with E-state index in [2.05, 4.69) is 5.32 Å². The maximum atomic E-state index is 13.4. The van der Waals surface area contributed by atoms with Crippen molar-refractivity contribution in [2.45, 2.75) is 33.4 Å². The van der Waals surface area contributed by atoms with Crippen molar-refractivity contribution in [3.63, 3.8) is 0 Å². The smallest absolute Gasteiger partial charge is 0.322 e. The molecule has 0 bridgehead atoms. The van der Waals surface area contributed by atoms with Gasteiger partial charge < -0.3 is 10.1 Å². The molecule has 0 fully saturated rings. The Labute approximate surface area is 101 Å².